The Hall–Kier alpha value is -1.30. The first-order valence-electron chi connectivity index (χ1n) is 6.82. The molecule has 2 aliphatic rings. The van der Waals surface area contributed by atoms with Crippen molar-refractivity contribution in [3.8, 4) is 0 Å². The molecule has 0 bridgehead atoms. The molecule has 0 radical (unpaired) electrons. The van der Waals surface area contributed by atoms with Gasteiger partial charge in [-0.05, 0) is 12.1 Å². The van der Waals surface area contributed by atoms with Crippen molar-refractivity contribution >= 4 is 40.5 Å². The highest BCUT2D eigenvalue weighted by atomic mass is 35.5. The summed E-state index contributed by atoms with van der Waals surface area (Å²) in [5.74, 6) is -0.0686. The molecule has 0 unspecified atom stereocenters. The minimum atomic E-state index is -0.0686. The first-order valence-corrected chi connectivity index (χ1v) is 7.58. The second-order valence-corrected chi connectivity index (χ2v) is 5.80. The van der Waals surface area contributed by atoms with Crippen LogP contribution in [-0.4, -0.2) is 37.9 Å². The zero-order chi connectivity index (χ0) is 14.8. The Morgan fingerprint density at radius 3 is 2.38 bits per heavy atom. The molecule has 5 nitrogen and oxygen atoms in total. The van der Waals surface area contributed by atoms with Crippen molar-refractivity contribution in [2.45, 2.75) is 12.8 Å². The van der Waals surface area contributed by atoms with Gasteiger partial charge in [0.25, 0.3) is 0 Å². The number of carbonyl (C=O) groups excluding carboxylic acids is 1. The quantitative estimate of drug-likeness (QED) is 0.907. The van der Waals surface area contributed by atoms with E-state index in [-0.39, 0.29) is 5.91 Å². The lowest BCUT2D eigenvalue weighted by atomic mass is 10.0. The number of morpholine rings is 1. The van der Waals surface area contributed by atoms with Gasteiger partial charge in [0.1, 0.15) is 0 Å². The van der Waals surface area contributed by atoms with Gasteiger partial charge in [0, 0.05) is 31.5 Å². The van der Waals surface area contributed by atoms with E-state index in [0.717, 1.165) is 30.1 Å². The molecular formula is C14H15Cl2N3O2. The van der Waals surface area contributed by atoms with Gasteiger partial charge < -0.3 is 9.64 Å². The van der Waals surface area contributed by atoms with Crippen molar-refractivity contribution in [1.82, 2.24) is 5.43 Å². The maximum atomic E-state index is 11.1. The number of hydrazone groups is 1. The van der Waals surface area contributed by atoms with Crippen LogP contribution in [-0.2, 0) is 9.53 Å². The van der Waals surface area contributed by atoms with Crippen LogP contribution in [0.25, 0.3) is 0 Å². The summed E-state index contributed by atoms with van der Waals surface area (Å²) in [4.78, 5) is 13.3. The number of carbonyl (C=O) groups is 1. The summed E-state index contributed by atoms with van der Waals surface area (Å²) in [6, 6.07) is 3.71. The minimum absolute atomic E-state index is 0.0686. The zero-order valence-corrected chi connectivity index (χ0v) is 12.9. The number of halogens is 2. The molecule has 1 aromatic carbocycles. The van der Waals surface area contributed by atoms with Gasteiger partial charge in [-0.2, -0.15) is 5.10 Å². The number of hydrogen-bond donors (Lipinski definition) is 1. The molecule has 0 aromatic heterocycles. The van der Waals surface area contributed by atoms with Crippen LogP contribution in [0.1, 0.15) is 18.4 Å². The third kappa shape index (κ3) is 3.15. The van der Waals surface area contributed by atoms with Gasteiger partial charge in [-0.3, -0.25) is 4.79 Å². The van der Waals surface area contributed by atoms with Crippen LogP contribution in [0.2, 0.25) is 10.0 Å². The minimum Gasteiger partial charge on any atom is -0.378 e. The Bertz CT molecular complexity index is 575. The zero-order valence-electron chi connectivity index (χ0n) is 11.4. The lowest BCUT2D eigenvalue weighted by Crippen LogP contribution is -2.36. The number of nitrogens with one attached hydrogen (secondary N) is 1. The summed E-state index contributed by atoms with van der Waals surface area (Å²) in [5.41, 5.74) is 4.97. The summed E-state index contributed by atoms with van der Waals surface area (Å²) >= 11 is 12.8. The molecule has 2 heterocycles. The molecule has 2 aliphatic heterocycles. The van der Waals surface area contributed by atoms with Gasteiger partial charge in [0.05, 0.1) is 34.7 Å². The van der Waals surface area contributed by atoms with Crippen LogP contribution in [0.5, 0.6) is 0 Å². The molecule has 1 fully saturated rings. The predicted octanol–water partition coefficient (Wildman–Crippen LogP) is 2.44. The first-order chi connectivity index (χ1) is 10.1. The summed E-state index contributed by atoms with van der Waals surface area (Å²) in [6.07, 6.45) is 1.02. The van der Waals surface area contributed by atoms with Gasteiger partial charge in [-0.15, -0.1) is 0 Å². The van der Waals surface area contributed by atoms with E-state index in [1.54, 1.807) is 0 Å². The number of ether oxygens (including phenoxy) is 1. The molecule has 3 rings (SSSR count). The largest absolute Gasteiger partial charge is 0.378 e. The van der Waals surface area contributed by atoms with E-state index in [9.17, 15) is 4.79 Å². The van der Waals surface area contributed by atoms with Crippen molar-refractivity contribution in [3.63, 3.8) is 0 Å². The molecule has 21 heavy (non-hydrogen) atoms. The fourth-order valence-electron chi connectivity index (χ4n) is 2.50. The molecule has 1 saturated heterocycles. The average molecular weight is 328 g/mol. The number of rotatable bonds is 2. The van der Waals surface area contributed by atoms with Crippen LogP contribution >= 0.6 is 23.2 Å². The lowest BCUT2D eigenvalue weighted by molar-refractivity contribution is -0.121. The molecule has 0 aliphatic carbocycles. The molecular weight excluding hydrogens is 313 g/mol. The smallest absolute Gasteiger partial charge is 0.240 e. The van der Waals surface area contributed by atoms with Crippen LogP contribution in [0.4, 0.5) is 5.69 Å². The Morgan fingerprint density at radius 1 is 1.14 bits per heavy atom. The highest BCUT2D eigenvalue weighted by molar-refractivity contribution is 6.39. The van der Waals surface area contributed by atoms with Crippen molar-refractivity contribution < 1.29 is 9.53 Å². The topological polar surface area (TPSA) is 53.9 Å². The number of anilines is 1. The monoisotopic (exact) mass is 327 g/mol. The Kier molecular flexibility index (Phi) is 4.33. The van der Waals surface area contributed by atoms with Gasteiger partial charge in [-0.1, -0.05) is 23.2 Å². The van der Waals surface area contributed by atoms with Crippen LogP contribution in [0.3, 0.4) is 0 Å². The first kappa shape index (κ1) is 14.6. The molecule has 1 N–H and O–H groups in total. The highest BCUT2D eigenvalue weighted by Gasteiger charge is 2.20. The van der Waals surface area contributed by atoms with Gasteiger partial charge in [0.2, 0.25) is 5.91 Å². The molecule has 0 atom stereocenters. The summed E-state index contributed by atoms with van der Waals surface area (Å²) in [6.45, 7) is 2.89. The van der Waals surface area contributed by atoms with Crippen LogP contribution < -0.4 is 10.3 Å². The SMILES string of the molecule is O=C1CCC(c2cc(Cl)c(N3CCOCC3)c(Cl)c2)=NN1. The van der Waals surface area contributed by atoms with E-state index in [1.807, 2.05) is 12.1 Å². The third-order valence-corrected chi connectivity index (χ3v) is 4.16. The summed E-state index contributed by atoms with van der Waals surface area (Å²) < 4.78 is 5.34. The van der Waals surface area contributed by atoms with E-state index >= 15 is 0 Å². The molecule has 7 heteroatoms. The number of hydrogen-bond acceptors (Lipinski definition) is 4. The number of benzene rings is 1. The van der Waals surface area contributed by atoms with Crippen LogP contribution in [0.15, 0.2) is 17.2 Å². The maximum absolute atomic E-state index is 11.1. The van der Waals surface area contributed by atoms with Crippen molar-refractivity contribution in [2.75, 3.05) is 31.2 Å². The van der Waals surface area contributed by atoms with E-state index in [1.165, 1.54) is 0 Å². The standard InChI is InChI=1S/C14H15Cl2N3O2/c15-10-7-9(12-1-2-13(20)18-17-12)8-11(16)14(10)19-3-5-21-6-4-19/h7-8H,1-6H2,(H,18,20). The van der Waals surface area contributed by atoms with E-state index in [4.69, 9.17) is 27.9 Å². The summed E-state index contributed by atoms with van der Waals surface area (Å²) in [7, 11) is 0. The van der Waals surface area contributed by atoms with E-state index < -0.39 is 0 Å². The van der Waals surface area contributed by atoms with E-state index in [2.05, 4.69) is 15.4 Å². The van der Waals surface area contributed by atoms with E-state index in [0.29, 0.717) is 36.1 Å². The van der Waals surface area contributed by atoms with Gasteiger partial charge >= 0.3 is 0 Å². The second kappa shape index (κ2) is 6.22. The molecule has 1 amide bonds. The third-order valence-electron chi connectivity index (χ3n) is 3.58. The second-order valence-electron chi connectivity index (χ2n) is 4.98. The predicted molar refractivity (Wildman–Crippen MR) is 83.4 cm³/mol. The van der Waals surface area contributed by atoms with Crippen molar-refractivity contribution in [3.05, 3.63) is 27.7 Å². The summed E-state index contributed by atoms with van der Waals surface area (Å²) in [5, 5.41) is 5.26. The van der Waals surface area contributed by atoms with Gasteiger partial charge in [-0.25, -0.2) is 5.43 Å². The highest BCUT2D eigenvalue weighted by Crippen LogP contribution is 2.36. The van der Waals surface area contributed by atoms with Crippen molar-refractivity contribution in [2.24, 2.45) is 5.10 Å². The molecule has 1 aromatic rings. The Labute approximate surface area is 132 Å². The maximum Gasteiger partial charge on any atom is 0.240 e. The fourth-order valence-corrected chi connectivity index (χ4v) is 3.23. The molecule has 0 saturated carbocycles. The average Bonchev–Trinajstić information content (AvgIpc) is 2.48. The normalized spacial score (nSPS) is 19.2. The Morgan fingerprint density at radius 2 is 1.81 bits per heavy atom. The number of nitrogens with zero attached hydrogens (tertiary/aromatic N) is 2. The van der Waals surface area contributed by atoms with Crippen molar-refractivity contribution in [1.29, 1.82) is 0 Å². The molecule has 112 valence electrons. The van der Waals surface area contributed by atoms with Crippen LogP contribution in [0, 0.1) is 0 Å². The fraction of sp³-hybridized carbons (Fsp3) is 0.429. The lowest BCUT2D eigenvalue weighted by Gasteiger charge is -2.30. The van der Waals surface area contributed by atoms with Gasteiger partial charge in [0.15, 0.2) is 0 Å². The molecule has 0 spiro atoms. The Balaban J connectivity index is 1.90. The number of amides is 1.